The highest BCUT2D eigenvalue weighted by Gasteiger charge is 2.31. The van der Waals surface area contributed by atoms with Crippen molar-refractivity contribution in [1.29, 1.82) is 0 Å². The number of rotatable bonds is 6. The fraction of sp³-hybridized carbons (Fsp3) is 0.381. The number of halogens is 5. The smallest absolute Gasteiger partial charge is 0.254 e. The molecule has 1 heterocycles. The zero-order chi connectivity index (χ0) is 21.8. The zero-order valence-corrected chi connectivity index (χ0v) is 17.1. The highest BCUT2D eigenvalue weighted by Crippen LogP contribution is 2.34. The molecule has 0 spiro atoms. The van der Waals surface area contributed by atoms with Crippen molar-refractivity contribution >= 4 is 23.2 Å². The van der Waals surface area contributed by atoms with Crippen LogP contribution in [0.3, 0.4) is 0 Å². The van der Waals surface area contributed by atoms with Gasteiger partial charge in [-0.25, -0.2) is 17.6 Å². The number of anilines is 1. The molecule has 1 aliphatic rings. The third-order valence-electron chi connectivity index (χ3n) is 4.92. The largest absolute Gasteiger partial charge is 0.494 e. The normalized spacial score (nSPS) is 14.2. The Kier molecular flexibility index (Phi) is 7.07. The lowest BCUT2D eigenvalue weighted by Gasteiger charge is -2.36. The van der Waals surface area contributed by atoms with Crippen LogP contribution in [0.4, 0.5) is 23.2 Å². The quantitative estimate of drug-likeness (QED) is 0.271. The van der Waals surface area contributed by atoms with Gasteiger partial charge in [0.1, 0.15) is 16.5 Å². The molecule has 9 heteroatoms. The topological polar surface area (TPSA) is 32.8 Å². The summed E-state index contributed by atoms with van der Waals surface area (Å²) in [6.45, 7) is 2.88. The number of carbonyl (C=O) groups excluding carboxylic acids is 1. The van der Waals surface area contributed by atoms with E-state index in [4.69, 9.17) is 16.3 Å². The van der Waals surface area contributed by atoms with Gasteiger partial charge in [-0.15, -0.1) is 0 Å². The van der Waals surface area contributed by atoms with Gasteiger partial charge in [0.2, 0.25) is 0 Å². The Morgan fingerprint density at radius 3 is 2.27 bits per heavy atom. The van der Waals surface area contributed by atoms with E-state index in [1.165, 1.54) is 9.80 Å². The molecular weight excluding hydrogens is 424 g/mol. The Balaban J connectivity index is 1.69. The summed E-state index contributed by atoms with van der Waals surface area (Å²) in [4.78, 5) is 15.5. The summed E-state index contributed by atoms with van der Waals surface area (Å²) in [5, 5.41) is -1.22. The Morgan fingerprint density at radius 2 is 1.67 bits per heavy atom. The molecule has 0 aromatic heterocycles. The Morgan fingerprint density at radius 1 is 1.03 bits per heavy atom. The molecule has 0 radical (unpaired) electrons. The molecule has 2 aromatic rings. The predicted octanol–water partition coefficient (Wildman–Crippen LogP) is 5.04. The van der Waals surface area contributed by atoms with Gasteiger partial charge in [0.15, 0.2) is 23.3 Å². The number of amides is 1. The maximum Gasteiger partial charge on any atom is 0.254 e. The lowest BCUT2D eigenvalue weighted by atomic mass is 10.1. The van der Waals surface area contributed by atoms with Gasteiger partial charge >= 0.3 is 0 Å². The van der Waals surface area contributed by atoms with Crippen molar-refractivity contribution in [3.63, 3.8) is 0 Å². The number of benzene rings is 2. The van der Waals surface area contributed by atoms with E-state index in [1.54, 1.807) is 24.3 Å². The zero-order valence-electron chi connectivity index (χ0n) is 16.4. The van der Waals surface area contributed by atoms with Crippen molar-refractivity contribution in [2.45, 2.75) is 19.8 Å². The molecule has 162 valence electrons. The van der Waals surface area contributed by atoms with Crippen LogP contribution >= 0.6 is 11.6 Å². The molecule has 1 aliphatic heterocycles. The van der Waals surface area contributed by atoms with E-state index in [-0.39, 0.29) is 32.1 Å². The number of hydrogen-bond acceptors (Lipinski definition) is 3. The van der Waals surface area contributed by atoms with Gasteiger partial charge in [0.05, 0.1) is 6.61 Å². The minimum absolute atomic E-state index is 0.00673. The van der Waals surface area contributed by atoms with Crippen LogP contribution < -0.4 is 9.64 Å². The van der Waals surface area contributed by atoms with Crippen LogP contribution in [0.2, 0.25) is 5.02 Å². The molecule has 4 nitrogen and oxygen atoms in total. The lowest BCUT2D eigenvalue weighted by molar-refractivity contribution is 0.0746. The van der Waals surface area contributed by atoms with Crippen LogP contribution in [0.25, 0.3) is 0 Å². The third kappa shape index (κ3) is 4.48. The van der Waals surface area contributed by atoms with E-state index in [9.17, 15) is 22.4 Å². The Labute approximate surface area is 177 Å². The van der Waals surface area contributed by atoms with Crippen molar-refractivity contribution in [2.75, 3.05) is 37.7 Å². The number of ether oxygens (including phenoxy) is 1. The highest BCUT2D eigenvalue weighted by atomic mass is 35.5. The molecule has 1 saturated heterocycles. The van der Waals surface area contributed by atoms with Crippen molar-refractivity contribution in [1.82, 2.24) is 4.90 Å². The van der Waals surface area contributed by atoms with Gasteiger partial charge in [-0.2, -0.15) is 0 Å². The Hall–Kier alpha value is -2.48. The van der Waals surface area contributed by atoms with Gasteiger partial charge in [0, 0.05) is 31.7 Å². The van der Waals surface area contributed by atoms with Gasteiger partial charge in [-0.3, -0.25) is 4.79 Å². The van der Waals surface area contributed by atoms with E-state index in [0.717, 1.165) is 12.8 Å². The van der Waals surface area contributed by atoms with Crippen molar-refractivity contribution in [3.05, 3.63) is 58.1 Å². The molecule has 2 aromatic carbocycles. The van der Waals surface area contributed by atoms with Crippen LogP contribution in [0, 0.1) is 23.3 Å². The first kappa shape index (κ1) is 22.2. The SMILES string of the molecule is CCCCOc1cccc(C(=O)N2CCN(c3c(F)c(F)c(Cl)c(F)c3F)CC2)c1. The van der Waals surface area contributed by atoms with Gasteiger partial charge < -0.3 is 14.5 Å². The molecule has 3 rings (SSSR count). The highest BCUT2D eigenvalue weighted by molar-refractivity contribution is 6.31. The van der Waals surface area contributed by atoms with Gasteiger partial charge in [-0.1, -0.05) is 31.0 Å². The number of unbranched alkanes of at least 4 members (excludes halogenated alkanes) is 1. The first-order valence-electron chi connectivity index (χ1n) is 9.63. The first-order valence-corrected chi connectivity index (χ1v) is 10.0. The fourth-order valence-electron chi connectivity index (χ4n) is 3.24. The number of piperazine rings is 1. The number of nitrogens with zero attached hydrogens (tertiary/aromatic N) is 2. The van der Waals surface area contributed by atoms with E-state index in [0.29, 0.717) is 17.9 Å². The van der Waals surface area contributed by atoms with Crippen LogP contribution in [0.15, 0.2) is 24.3 Å². The second kappa shape index (κ2) is 9.55. The van der Waals surface area contributed by atoms with E-state index in [2.05, 4.69) is 0 Å². The molecule has 0 N–H and O–H groups in total. The van der Waals surface area contributed by atoms with Crippen LogP contribution in [-0.2, 0) is 0 Å². The summed E-state index contributed by atoms with van der Waals surface area (Å²) in [5.74, 6) is -6.03. The second-order valence-electron chi connectivity index (χ2n) is 6.93. The minimum atomic E-state index is -1.64. The second-order valence-corrected chi connectivity index (χ2v) is 7.31. The molecule has 0 bridgehead atoms. The average Bonchev–Trinajstić information content (AvgIpc) is 2.77. The van der Waals surface area contributed by atoms with Gasteiger partial charge in [0.25, 0.3) is 5.91 Å². The van der Waals surface area contributed by atoms with Crippen LogP contribution in [0.5, 0.6) is 5.75 Å². The first-order chi connectivity index (χ1) is 14.3. The summed E-state index contributed by atoms with van der Waals surface area (Å²) in [6, 6.07) is 6.78. The molecule has 0 aliphatic carbocycles. The lowest BCUT2D eigenvalue weighted by Crippen LogP contribution is -2.49. The Bertz CT molecular complexity index is 904. The molecule has 1 amide bonds. The molecule has 1 fully saturated rings. The summed E-state index contributed by atoms with van der Waals surface area (Å²) in [7, 11) is 0. The van der Waals surface area contributed by atoms with Crippen molar-refractivity contribution in [3.8, 4) is 5.75 Å². The molecule has 30 heavy (non-hydrogen) atoms. The van der Waals surface area contributed by atoms with Crippen molar-refractivity contribution < 1.29 is 27.1 Å². The summed E-state index contributed by atoms with van der Waals surface area (Å²) in [6.07, 6.45) is 1.89. The molecule has 0 unspecified atom stereocenters. The van der Waals surface area contributed by atoms with Crippen LogP contribution in [0.1, 0.15) is 30.1 Å². The number of hydrogen-bond donors (Lipinski definition) is 0. The summed E-state index contributed by atoms with van der Waals surface area (Å²) in [5.41, 5.74) is -0.383. The van der Waals surface area contributed by atoms with E-state index < -0.39 is 34.0 Å². The standard InChI is InChI=1S/C21H21ClF4N2O2/c1-2-3-11-30-14-6-4-5-13(12-14)21(29)28-9-7-27(8-10-28)20-18(25)16(23)15(22)17(24)19(20)26/h4-6,12H,2-3,7-11H2,1H3. The minimum Gasteiger partial charge on any atom is -0.494 e. The van der Waals surface area contributed by atoms with Crippen molar-refractivity contribution in [2.24, 2.45) is 0 Å². The number of carbonyl (C=O) groups is 1. The summed E-state index contributed by atoms with van der Waals surface area (Å²) < 4.78 is 61.5. The van der Waals surface area contributed by atoms with Crippen LogP contribution in [-0.4, -0.2) is 43.6 Å². The maximum atomic E-state index is 14.2. The molecule has 0 saturated carbocycles. The third-order valence-corrected chi connectivity index (χ3v) is 5.25. The van der Waals surface area contributed by atoms with E-state index in [1.807, 2.05) is 6.92 Å². The van der Waals surface area contributed by atoms with E-state index >= 15 is 0 Å². The fourth-order valence-corrected chi connectivity index (χ4v) is 3.41. The summed E-state index contributed by atoms with van der Waals surface area (Å²) >= 11 is 5.27. The predicted molar refractivity (Wildman–Crippen MR) is 106 cm³/mol. The monoisotopic (exact) mass is 444 g/mol. The molecule has 0 atom stereocenters. The van der Waals surface area contributed by atoms with Gasteiger partial charge in [-0.05, 0) is 24.6 Å². The molecular formula is C21H21ClF4N2O2. The maximum absolute atomic E-state index is 14.2. The average molecular weight is 445 g/mol.